The van der Waals surface area contributed by atoms with Crippen molar-refractivity contribution in [2.45, 2.75) is 36.8 Å². The van der Waals surface area contributed by atoms with Crippen molar-refractivity contribution in [3.05, 3.63) is 29.6 Å². The molecular formula is C14H21FN2O3S. The van der Waals surface area contributed by atoms with Gasteiger partial charge in [-0.05, 0) is 44.6 Å². The van der Waals surface area contributed by atoms with Gasteiger partial charge in [-0.25, -0.2) is 17.5 Å². The summed E-state index contributed by atoms with van der Waals surface area (Å²) in [6, 6.07) is 3.63. The molecule has 0 aromatic heterocycles. The van der Waals surface area contributed by atoms with Gasteiger partial charge >= 0.3 is 0 Å². The Labute approximate surface area is 124 Å². The van der Waals surface area contributed by atoms with E-state index in [9.17, 15) is 12.8 Å². The number of nitrogens with one attached hydrogen (secondary N) is 1. The van der Waals surface area contributed by atoms with Crippen LogP contribution in [-0.2, 0) is 16.6 Å². The van der Waals surface area contributed by atoms with E-state index < -0.39 is 22.4 Å². The second kappa shape index (κ2) is 6.83. The molecule has 1 aliphatic rings. The molecule has 1 aliphatic heterocycles. The van der Waals surface area contributed by atoms with Gasteiger partial charge in [0.05, 0.1) is 11.5 Å². The smallest absolute Gasteiger partial charge is 0.240 e. The van der Waals surface area contributed by atoms with Gasteiger partial charge in [-0.15, -0.1) is 0 Å². The first-order valence-electron chi connectivity index (χ1n) is 7.03. The molecule has 0 amide bonds. The van der Waals surface area contributed by atoms with Crippen LogP contribution in [0.25, 0.3) is 0 Å². The molecule has 1 unspecified atom stereocenters. The lowest BCUT2D eigenvalue weighted by Gasteiger charge is -2.32. The maximum atomic E-state index is 13.3. The number of hydrogen-bond acceptors (Lipinski definition) is 4. The van der Waals surface area contributed by atoms with Gasteiger partial charge in [-0.3, -0.25) is 0 Å². The van der Waals surface area contributed by atoms with E-state index in [4.69, 9.17) is 5.11 Å². The SMILES string of the molecule is CN1CCCCC1CNS(=O)(=O)c1ccc(F)c(CO)c1. The highest BCUT2D eigenvalue weighted by molar-refractivity contribution is 7.89. The van der Waals surface area contributed by atoms with Crippen LogP contribution in [0.4, 0.5) is 4.39 Å². The maximum Gasteiger partial charge on any atom is 0.240 e. The summed E-state index contributed by atoms with van der Waals surface area (Å²) in [6.45, 7) is 0.781. The summed E-state index contributed by atoms with van der Waals surface area (Å²) in [5.74, 6) is -0.608. The first kappa shape index (κ1) is 16.4. The summed E-state index contributed by atoms with van der Waals surface area (Å²) < 4.78 is 40.3. The Kier molecular flexibility index (Phi) is 5.32. The molecule has 1 saturated heterocycles. The van der Waals surface area contributed by atoms with Crippen molar-refractivity contribution in [3.8, 4) is 0 Å². The van der Waals surface area contributed by atoms with E-state index in [1.165, 1.54) is 12.1 Å². The molecule has 0 spiro atoms. The number of nitrogens with zero attached hydrogens (tertiary/aromatic N) is 1. The Balaban J connectivity index is 2.07. The average Bonchev–Trinajstić information content (AvgIpc) is 2.46. The highest BCUT2D eigenvalue weighted by Gasteiger charge is 2.22. The number of benzene rings is 1. The number of hydrogen-bond donors (Lipinski definition) is 2. The van der Waals surface area contributed by atoms with Gasteiger partial charge in [0.2, 0.25) is 10.0 Å². The zero-order chi connectivity index (χ0) is 15.5. The molecule has 1 heterocycles. The molecule has 7 heteroatoms. The van der Waals surface area contributed by atoms with E-state index >= 15 is 0 Å². The Morgan fingerprint density at radius 3 is 2.86 bits per heavy atom. The first-order valence-corrected chi connectivity index (χ1v) is 8.51. The van der Waals surface area contributed by atoms with Gasteiger partial charge in [0.25, 0.3) is 0 Å². The van der Waals surface area contributed by atoms with E-state index in [-0.39, 0.29) is 16.5 Å². The number of rotatable bonds is 5. The van der Waals surface area contributed by atoms with Crippen molar-refractivity contribution in [2.75, 3.05) is 20.1 Å². The molecule has 2 N–H and O–H groups in total. The van der Waals surface area contributed by atoms with Crippen molar-refractivity contribution in [1.29, 1.82) is 0 Å². The minimum atomic E-state index is -3.69. The topological polar surface area (TPSA) is 69.6 Å². The third-order valence-corrected chi connectivity index (χ3v) is 5.35. The number of likely N-dealkylation sites (N-methyl/N-ethyl adjacent to an activating group) is 1. The average molecular weight is 316 g/mol. The second-order valence-electron chi connectivity index (χ2n) is 5.39. The maximum absolute atomic E-state index is 13.3. The monoisotopic (exact) mass is 316 g/mol. The second-order valence-corrected chi connectivity index (χ2v) is 7.16. The standard InChI is InChI=1S/C14H21FN2O3S/c1-17-7-3-2-4-12(17)9-16-21(19,20)13-5-6-14(15)11(8-13)10-18/h5-6,8,12,16,18H,2-4,7,9-10H2,1H3. The largest absolute Gasteiger partial charge is 0.392 e. The lowest BCUT2D eigenvalue weighted by Crippen LogP contribution is -2.44. The highest BCUT2D eigenvalue weighted by atomic mass is 32.2. The Morgan fingerprint density at radius 2 is 2.19 bits per heavy atom. The predicted molar refractivity (Wildman–Crippen MR) is 77.8 cm³/mol. The summed E-state index contributed by atoms with van der Waals surface area (Å²) in [4.78, 5) is 2.13. The van der Waals surface area contributed by atoms with Gasteiger partial charge < -0.3 is 10.0 Å². The molecule has 5 nitrogen and oxygen atoms in total. The van der Waals surface area contributed by atoms with E-state index in [0.717, 1.165) is 31.9 Å². The molecule has 1 atom stereocenters. The van der Waals surface area contributed by atoms with Crippen LogP contribution in [0, 0.1) is 5.82 Å². The van der Waals surface area contributed by atoms with Crippen LogP contribution in [0.15, 0.2) is 23.1 Å². The summed E-state index contributed by atoms with van der Waals surface area (Å²) in [5.41, 5.74) is -0.0207. The van der Waals surface area contributed by atoms with E-state index in [1.54, 1.807) is 0 Å². The normalized spacial score (nSPS) is 20.6. The Bertz CT molecular complexity index is 592. The molecule has 0 radical (unpaired) electrons. The molecule has 2 rings (SSSR count). The first-order chi connectivity index (χ1) is 9.94. The van der Waals surface area contributed by atoms with E-state index in [2.05, 4.69) is 9.62 Å². The van der Waals surface area contributed by atoms with Crippen LogP contribution in [0.5, 0.6) is 0 Å². The summed E-state index contributed by atoms with van der Waals surface area (Å²) >= 11 is 0. The van der Waals surface area contributed by atoms with Crippen LogP contribution in [-0.4, -0.2) is 44.6 Å². The zero-order valence-electron chi connectivity index (χ0n) is 12.0. The number of aliphatic hydroxyl groups excluding tert-OH is 1. The summed E-state index contributed by atoms with van der Waals surface area (Å²) in [7, 11) is -1.70. The third-order valence-electron chi connectivity index (χ3n) is 3.93. The Morgan fingerprint density at radius 1 is 1.43 bits per heavy atom. The Hall–Kier alpha value is -1.02. The van der Waals surface area contributed by atoms with Gasteiger partial charge in [0, 0.05) is 18.2 Å². The van der Waals surface area contributed by atoms with Crippen LogP contribution in [0.3, 0.4) is 0 Å². The minimum Gasteiger partial charge on any atom is -0.392 e. The van der Waals surface area contributed by atoms with Gasteiger partial charge in [-0.1, -0.05) is 6.42 Å². The van der Waals surface area contributed by atoms with Crippen LogP contribution in [0.1, 0.15) is 24.8 Å². The minimum absolute atomic E-state index is 0.0207. The fourth-order valence-corrected chi connectivity index (χ4v) is 3.65. The molecule has 1 aromatic carbocycles. The molecule has 118 valence electrons. The van der Waals surface area contributed by atoms with Crippen LogP contribution < -0.4 is 4.72 Å². The van der Waals surface area contributed by atoms with Crippen molar-refractivity contribution < 1.29 is 17.9 Å². The number of sulfonamides is 1. The third kappa shape index (κ3) is 4.00. The molecule has 0 bridgehead atoms. The molecule has 0 saturated carbocycles. The molecule has 1 aromatic rings. The number of aliphatic hydroxyl groups is 1. The quantitative estimate of drug-likeness (QED) is 0.853. The highest BCUT2D eigenvalue weighted by Crippen LogP contribution is 2.17. The van der Waals surface area contributed by atoms with Crippen molar-refractivity contribution in [1.82, 2.24) is 9.62 Å². The van der Waals surface area contributed by atoms with Crippen molar-refractivity contribution >= 4 is 10.0 Å². The molecule has 0 aliphatic carbocycles. The molecular weight excluding hydrogens is 295 g/mol. The predicted octanol–water partition coefficient (Wildman–Crippen LogP) is 1.08. The molecule has 1 fully saturated rings. The zero-order valence-corrected chi connectivity index (χ0v) is 12.9. The summed E-state index contributed by atoms with van der Waals surface area (Å²) in [5, 5.41) is 9.02. The van der Waals surface area contributed by atoms with Gasteiger partial charge in [-0.2, -0.15) is 0 Å². The van der Waals surface area contributed by atoms with Gasteiger partial charge in [0.1, 0.15) is 5.82 Å². The van der Waals surface area contributed by atoms with Crippen LogP contribution >= 0.6 is 0 Å². The molecule has 21 heavy (non-hydrogen) atoms. The number of piperidine rings is 1. The van der Waals surface area contributed by atoms with E-state index in [1.807, 2.05) is 7.05 Å². The lowest BCUT2D eigenvalue weighted by atomic mass is 10.0. The van der Waals surface area contributed by atoms with Gasteiger partial charge in [0.15, 0.2) is 0 Å². The fraction of sp³-hybridized carbons (Fsp3) is 0.571. The van der Waals surface area contributed by atoms with Crippen molar-refractivity contribution in [3.63, 3.8) is 0 Å². The fourth-order valence-electron chi connectivity index (χ4n) is 2.53. The lowest BCUT2D eigenvalue weighted by molar-refractivity contribution is 0.187. The van der Waals surface area contributed by atoms with E-state index in [0.29, 0.717) is 6.54 Å². The summed E-state index contributed by atoms with van der Waals surface area (Å²) in [6.07, 6.45) is 3.20. The van der Waals surface area contributed by atoms with Crippen LogP contribution in [0.2, 0.25) is 0 Å². The van der Waals surface area contributed by atoms with Crippen molar-refractivity contribution in [2.24, 2.45) is 0 Å². The number of halogens is 1. The number of likely N-dealkylation sites (tertiary alicyclic amines) is 1.